The van der Waals surface area contributed by atoms with Gasteiger partial charge >= 0.3 is 6.09 Å². The van der Waals surface area contributed by atoms with Crippen LogP contribution in [0.5, 0.6) is 5.75 Å². The molecular weight excluding hydrogens is 372 g/mol. The maximum Gasteiger partial charge on any atom is 0.410 e. The van der Waals surface area contributed by atoms with E-state index in [1.807, 2.05) is 18.2 Å². The van der Waals surface area contributed by atoms with Crippen molar-refractivity contribution in [3.63, 3.8) is 0 Å². The molecule has 1 aromatic carbocycles. The number of nitriles is 1. The topological polar surface area (TPSA) is 111 Å². The Labute approximate surface area is 169 Å². The number of aromatic nitrogens is 1. The van der Waals surface area contributed by atoms with E-state index in [1.54, 1.807) is 26.0 Å². The molecule has 0 atom stereocenters. The zero-order chi connectivity index (χ0) is 21.0. The van der Waals surface area contributed by atoms with Crippen LogP contribution in [0, 0.1) is 11.3 Å². The summed E-state index contributed by atoms with van der Waals surface area (Å²) in [4.78, 5) is 18.3. The number of nitrogen functional groups attached to an aromatic ring is 1. The average molecular weight is 396 g/mol. The average Bonchev–Trinajstić information content (AvgIpc) is 2.72. The van der Waals surface area contributed by atoms with Crippen LogP contribution in [0.4, 0.5) is 10.6 Å². The zero-order valence-electron chi connectivity index (χ0n) is 16.8. The van der Waals surface area contributed by atoms with Gasteiger partial charge in [-0.1, -0.05) is 6.07 Å². The first-order valence-corrected chi connectivity index (χ1v) is 9.33. The third-order valence-corrected chi connectivity index (χ3v) is 4.89. The van der Waals surface area contributed by atoms with Crippen LogP contribution in [0.3, 0.4) is 0 Å². The molecule has 0 fully saturated rings. The van der Waals surface area contributed by atoms with Crippen LogP contribution in [0.15, 0.2) is 18.2 Å². The second-order valence-corrected chi connectivity index (χ2v) is 6.61. The molecule has 0 bridgehead atoms. The molecule has 0 aliphatic carbocycles. The predicted molar refractivity (Wildman–Crippen MR) is 107 cm³/mol. The van der Waals surface area contributed by atoms with Crippen molar-refractivity contribution in [2.75, 3.05) is 33.1 Å². The fourth-order valence-electron chi connectivity index (χ4n) is 3.58. The number of nitrogens with zero attached hydrogens (tertiary/aromatic N) is 3. The molecule has 8 heteroatoms. The van der Waals surface area contributed by atoms with Crippen molar-refractivity contribution in [1.29, 1.82) is 5.26 Å². The number of rotatable bonds is 5. The Morgan fingerprint density at radius 3 is 2.83 bits per heavy atom. The molecule has 0 radical (unpaired) electrons. The van der Waals surface area contributed by atoms with Crippen molar-refractivity contribution in [2.24, 2.45) is 0 Å². The Balaban J connectivity index is 2.16. The van der Waals surface area contributed by atoms with E-state index in [0.29, 0.717) is 49.6 Å². The van der Waals surface area contributed by atoms with Crippen LogP contribution in [-0.2, 0) is 29.0 Å². The van der Waals surface area contributed by atoms with Crippen LogP contribution in [-0.4, -0.2) is 43.3 Å². The van der Waals surface area contributed by atoms with E-state index in [1.165, 1.54) is 0 Å². The Kier molecular flexibility index (Phi) is 6.20. The molecule has 2 aromatic rings. The minimum atomic E-state index is -0.380. The lowest BCUT2D eigenvalue weighted by Crippen LogP contribution is -2.37. The highest BCUT2D eigenvalue weighted by atomic mass is 16.6. The van der Waals surface area contributed by atoms with Gasteiger partial charge in [-0.2, -0.15) is 5.26 Å². The number of carbonyl (C=O) groups is 1. The van der Waals surface area contributed by atoms with Gasteiger partial charge in [-0.3, -0.25) is 0 Å². The summed E-state index contributed by atoms with van der Waals surface area (Å²) in [5.74, 6) is 0.882. The molecular formula is C21H24N4O4. The monoisotopic (exact) mass is 396 g/mol. The lowest BCUT2D eigenvalue weighted by molar-refractivity contribution is 0.102. The van der Waals surface area contributed by atoms with Gasteiger partial charge in [0.15, 0.2) is 0 Å². The molecule has 2 heterocycles. The number of nitrogens with two attached hydrogens (primary N) is 1. The number of pyridine rings is 1. The number of ether oxygens (including phenoxy) is 3. The van der Waals surface area contributed by atoms with Crippen LogP contribution >= 0.6 is 0 Å². The zero-order valence-corrected chi connectivity index (χ0v) is 16.8. The summed E-state index contributed by atoms with van der Waals surface area (Å²) in [5, 5.41) is 9.77. The Morgan fingerprint density at radius 1 is 1.38 bits per heavy atom. The van der Waals surface area contributed by atoms with Crippen molar-refractivity contribution in [1.82, 2.24) is 9.88 Å². The van der Waals surface area contributed by atoms with Gasteiger partial charge in [0.25, 0.3) is 0 Å². The number of amides is 1. The maximum atomic E-state index is 12.3. The van der Waals surface area contributed by atoms with Crippen molar-refractivity contribution in [3.8, 4) is 22.9 Å². The first kappa shape index (κ1) is 20.4. The highest BCUT2D eigenvalue weighted by Gasteiger charge is 2.28. The fourth-order valence-corrected chi connectivity index (χ4v) is 3.58. The number of fused-ring (bicyclic) bond motifs is 1. The number of carbonyl (C=O) groups excluding carboxylic acids is 1. The smallest absolute Gasteiger partial charge is 0.410 e. The van der Waals surface area contributed by atoms with Gasteiger partial charge in [-0.05, 0) is 24.6 Å². The lowest BCUT2D eigenvalue weighted by atomic mass is 9.90. The number of hydrogen-bond donors (Lipinski definition) is 1. The van der Waals surface area contributed by atoms with E-state index in [-0.39, 0.29) is 11.9 Å². The summed E-state index contributed by atoms with van der Waals surface area (Å²) in [6, 6.07) is 7.80. The first-order chi connectivity index (χ1) is 14.0. The highest BCUT2D eigenvalue weighted by Crippen LogP contribution is 2.37. The molecule has 1 aromatic heterocycles. The molecule has 0 saturated carbocycles. The summed E-state index contributed by atoms with van der Waals surface area (Å²) in [5.41, 5.74) is 10.3. The lowest BCUT2D eigenvalue weighted by Gasteiger charge is -2.30. The van der Waals surface area contributed by atoms with E-state index in [0.717, 1.165) is 22.4 Å². The largest absolute Gasteiger partial charge is 0.496 e. The summed E-state index contributed by atoms with van der Waals surface area (Å²) < 4.78 is 15.8. The van der Waals surface area contributed by atoms with Gasteiger partial charge in [0.05, 0.1) is 32.6 Å². The van der Waals surface area contributed by atoms with Gasteiger partial charge in [0, 0.05) is 36.8 Å². The van der Waals surface area contributed by atoms with Crippen molar-refractivity contribution in [3.05, 3.63) is 40.6 Å². The van der Waals surface area contributed by atoms with Gasteiger partial charge in [0.1, 0.15) is 23.2 Å². The van der Waals surface area contributed by atoms with Crippen LogP contribution in [0.1, 0.15) is 29.3 Å². The van der Waals surface area contributed by atoms with Crippen molar-refractivity contribution < 1.29 is 19.0 Å². The standard InChI is InChI=1S/C21H24N4O4/c1-4-29-21(26)25-8-7-17-16(11-25)19(15(10-22)20(23)24-17)13-5-6-18(28-3)14(9-13)12-27-2/h5-6,9H,4,7-8,11-12H2,1-3H3,(H2,23,24). The van der Waals surface area contributed by atoms with Crippen molar-refractivity contribution >= 4 is 11.9 Å². The number of anilines is 1. The molecule has 1 aliphatic rings. The Hall–Kier alpha value is -3.31. The molecule has 1 amide bonds. The highest BCUT2D eigenvalue weighted by molar-refractivity contribution is 5.81. The van der Waals surface area contributed by atoms with E-state index in [9.17, 15) is 10.1 Å². The second-order valence-electron chi connectivity index (χ2n) is 6.61. The normalized spacial score (nSPS) is 12.8. The molecule has 3 rings (SSSR count). The number of benzene rings is 1. The summed E-state index contributed by atoms with van der Waals surface area (Å²) in [6.07, 6.45) is 0.159. The molecule has 1 aliphatic heterocycles. The minimum Gasteiger partial charge on any atom is -0.496 e. The van der Waals surface area contributed by atoms with Gasteiger partial charge in [-0.25, -0.2) is 9.78 Å². The number of methoxy groups -OCH3 is 2. The first-order valence-electron chi connectivity index (χ1n) is 9.33. The van der Waals surface area contributed by atoms with E-state index in [4.69, 9.17) is 19.9 Å². The Morgan fingerprint density at radius 2 is 2.17 bits per heavy atom. The fraction of sp³-hybridized carbons (Fsp3) is 0.381. The predicted octanol–water partition coefficient (Wildman–Crippen LogP) is 2.87. The van der Waals surface area contributed by atoms with Crippen molar-refractivity contribution in [2.45, 2.75) is 26.5 Å². The molecule has 0 unspecified atom stereocenters. The summed E-state index contributed by atoms with van der Waals surface area (Å²) >= 11 is 0. The van der Waals surface area contributed by atoms with Crippen LogP contribution in [0.25, 0.3) is 11.1 Å². The molecule has 152 valence electrons. The molecule has 0 saturated heterocycles. The second kappa shape index (κ2) is 8.80. The van der Waals surface area contributed by atoms with Gasteiger partial charge in [0.2, 0.25) is 0 Å². The third-order valence-electron chi connectivity index (χ3n) is 4.89. The molecule has 8 nitrogen and oxygen atoms in total. The summed E-state index contributed by atoms with van der Waals surface area (Å²) in [6.45, 7) is 3.22. The van der Waals surface area contributed by atoms with Gasteiger partial charge in [-0.15, -0.1) is 0 Å². The third kappa shape index (κ3) is 3.96. The number of hydrogen-bond acceptors (Lipinski definition) is 7. The maximum absolute atomic E-state index is 12.3. The van der Waals surface area contributed by atoms with E-state index in [2.05, 4.69) is 11.1 Å². The molecule has 0 spiro atoms. The van der Waals surface area contributed by atoms with E-state index >= 15 is 0 Å². The van der Waals surface area contributed by atoms with Gasteiger partial charge < -0.3 is 24.8 Å². The van der Waals surface area contributed by atoms with Crippen LogP contribution < -0.4 is 10.5 Å². The summed E-state index contributed by atoms with van der Waals surface area (Å²) in [7, 11) is 3.20. The van der Waals surface area contributed by atoms with E-state index < -0.39 is 0 Å². The SMILES string of the molecule is CCOC(=O)N1CCc2nc(N)c(C#N)c(-c3ccc(OC)c(COC)c3)c2C1. The Bertz CT molecular complexity index is 968. The molecule has 2 N–H and O–H groups in total. The molecule has 29 heavy (non-hydrogen) atoms. The quantitative estimate of drug-likeness (QED) is 0.827. The van der Waals surface area contributed by atoms with Crippen LogP contribution in [0.2, 0.25) is 0 Å². The minimum absolute atomic E-state index is 0.190.